The van der Waals surface area contributed by atoms with Gasteiger partial charge in [0, 0.05) is 6.04 Å². The van der Waals surface area contributed by atoms with E-state index >= 15 is 0 Å². The van der Waals surface area contributed by atoms with Crippen LogP contribution in [-0.4, -0.2) is 7.05 Å². The summed E-state index contributed by atoms with van der Waals surface area (Å²) >= 11 is 0. The largest absolute Gasteiger partial charge is 0.416 e. The molecule has 2 rings (SSSR count). The second kappa shape index (κ2) is 6.17. The van der Waals surface area contributed by atoms with E-state index in [9.17, 15) is 13.2 Å². The third kappa shape index (κ3) is 3.35. The average Bonchev–Trinajstić information content (AvgIpc) is 2.41. The number of aryl methyl sites for hydroxylation is 1. The van der Waals surface area contributed by atoms with Crippen LogP contribution in [0.4, 0.5) is 13.2 Å². The van der Waals surface area contributed by atoms with Crippen molar-refractivity contribution < 1.29 is 13.2 Å². The second-order valence-electron chi connectivity index (χ2n) is 5.73. The predicted molar refractivity (Wildman–Crippen MR) is 74.6 cm³/mol. The van der Waals surface area contributed by atoms with Gasteiger partial charge in [-0.1, -0.05) is 25.3 Å². The van der Waals surface area contributed by atoms with Gasteiger partial charge in [0.05, 0.1) is 5.56 Å². The van der Waals surface area contributed by atoms with Gasteiger partial charge in [-0.2, -0.15) is 13.2 Å². The number of benzene rings is 1. The Balaban J connectivity index is 2.26. The van der Waals surface area contributed by atoms with Crippen molar-refractivity contribution in [1.82, 2.24) is 5.32 Å². The quantitative estimate of drug-likeness (QED) is 0.836. The fourth-order valence-electron chi connectivity index (χ4n) is 3.31. The highest BCUT2D eigenvalue weighted by atomic mass is 19.4. The summed E-state index contributed by atoms with van der Waals surface area (Å²) < 4.78 is 38.2. The van der Waals surface area contributed by atoms with Crippen molar-refractivity contribution >= 4 is 0 Å². The lowest BCUT2D eigenvalue weighted by molar-refractivity contribution is -0.137. The summed E-state index contributed by atoms with van der Waals surface area (Å²) in [5.41, 5.74) is 1.18. The molecule has 0 amide bonds. The van der Waals surface area contributed by atoms with Gasteiger partial charge in [-0.25, -0.2) is 0 Å². The van der Waals surface area contributed by atoms with Crippen LogP contribution in [-0.2, 0) is 6.18 Å². The molecule has 1 aliphatic rings. The molecular formula is C16H22F3N. The van der Waals surface area contributed by atoms with Crippen molar-refractivity contribution in [2.24, 2.45) is 5.92 Å². The molecule has 1 aliphatic carbocycles. The molecule has 1 atom stereocenters. The average molecular weight is 285 g/mol. The molecule has 1 nitrogen and oxygen atoms in total. The van der Waals surface area contributed by atoms with Crippen LogP contribution < -0.4 is 5.32 Å². The third-order valence-electron chi connectivity index (χ3n) is 4.36. The van der Waals surface area contributed by atoms with Crippen LogP contribution in [0, 0.1) is 12.8 Å². The van der Waals surface area contributed by atoms with Crippen molar-refractivity contribution in [2.75, 3.05) is 7.05 Å². The molecule has 0 saturated heterocycles. The summed E-state index contributed by atoms with van der Waals surface area (Å²) in [4.78, 5) is 0. The minimum atomic E-state index is -4.26. The molecule has 1 fully saturated rings. The van der Waals surface area contributed by atoms with E-state index in [4.69, 9.17) is 0 Å². The highest BCUT2D eigenvalue weighted by molar-refractivity contribution is 5.35. The van der Waals surface area contributed by atoms with E-state index in [1.807, 2.05) is 7.05 Å². The van der Waals surface area contributed by atoms with E-state index in [-0.39, 0.29) is 6.04 Å². The molecule has 20 heavy (non-hydrogen) atoms. The maximum atomic E-state index is 12.7. The first-order valence-corrected chi connectivity index (χ1v) is 7.28. The Bertz CT molecular complexity index is 448. The summed E-state index contributed by atoms with van der Waals surface area (Å²) in [7, 11) is 1.90. The molecule has 1 unspecified atom stereocenters. The van der Waals surface area contributed by atoms with Gasteiger partial charge >= 0.3 is 6.18 Å². The molecule has 1 aromatic carbocycles. The lowest BCUT2D eigenvalue weighted by Crippen LogP contribution is -2.27. The van der Waals surface area contributed by atoms with Crippen molar-refractivity contribution in [3.8, 4) is 0 Å². The summed E-state index contributed by atoms with van der Waals surface area (Å²) in [5, 5.41) is 3.31. The van der Waals surface area contributed by atoms with Crippen LogP contribution in [0.3, 0.4) is 0 Å². The predicted octanol–water partition coefficient (Wildman–Crippen LogP) is 4.85. The Labute approximate surface area is 118 Å². The van der Waals surface area contributed by atoms with Gasteiger partial charge < -0.3 is 5.32 Å². The summed E-state index contributed by atoms with van der Waals surface area (Å²) in [5.74, 6) is 0.532. The maximum absolute atomic E-state index is 12.7. The Hall–Kier alpha value is -1.03. The highest BCUT2D eigenvalue weighted by Crippen LogP contribution is 2.37. The number of alkyl halides is 3. The molecule has 0 bridgehead atoms. The Morgan fingerprint density at radius 3 is 2.30 bits per heavy atom. The van der Waals surface area contributed by atoms with Gasteiger partial charge in [0.15, 0.2) is 0 Å². The number of nitrogens with one attached hydrogen (secondary N) is 1. The maximum Gasteiger partial charge on any atom is 0.416 e. The fraction of sp³-hybridized carbons (Fsp3) is 0.625. The number of halogens is 3. The zero-order valence-corrected chi connectivity index (χ0v) is 12.1. The molecule has 112 valence electrons. The zero-order chi connectivity index (χ0) is 14.8. The van der Waals surface area contributed by atoms with Gasteiger partial charge in [0.1, 0.15) is 0 Å². The number of hydrogen-bond donors (Lipinski definition) is 1. The molecule has 1 saturated carbocycles. The van der Waals surface area contributed by atoms with Crippen molar-refractivity contribution in [2.45, 2.75) is 51.2 Å². The van der Waals surface area contributed by atoms with Gasteiger partial charge in [-0.3, -0.25) is 0 Å². The van der Waals surface area contributed by atoms with E-state index in [1.54, 1.807) is 13.0 Å². The molecule has 0 aromatic heterocycles. The molecule has 0 heterocycles. The first-order valence-electron chi connectivity index (χ1n) is 7.28. The minimum Gasteiger partial charge on any atom is -0.313 e. The van der Waals surface area contributed by atoms with Crippen LogP contribution >= 0.6 is 0 Å². The lowest BCUT2D eigenvalue weighted by Gasteiger charge is -2.31. The molecule has 4 heteroatoms. The van der Waals surface area contributed by atoms with Crippen LogP contribution in [0.1, 0.15) is 54.8 Å². The third-order valence-corrected chi connectivity index (χ3v) is 4.36. The topological polar surface area (TPSA) is 12.0 Å². The lowest BCUT2D eigenvalue weighted by atomic mass is 9.80. The van der Waals surface area contributed by atoms with E-state index < -0.39 is 11.7 Å². The molecule has 1 N–H and O–H groups in total. The van der Waals surface area contributed by atoms with Crippen molar-refractivity contribution in [3.63, 3.8) is 0 Å². The minimum absolute atomic E-state index is 0.164. The molecule has 0 radical (unpaired) electrons. The molecule has 1 aromatic rings. The van der Waals surface area contributed by atoms with Crippen molar-refractivity contribution in [3.05, 3.63) is 34.9 Å². The van der Waals surface area contributed by atoms with Gasteiger partial charge in [0.25, 0.3) is 0 Å². The Morgan fingerprint density at radius 1 is 1.15 bits per heavy atom. The standard InChI is InChI=1S/C16H22F3N/c1-11-10-13(16(17,18)19)8-9-14(11)15(20-2)12-6-4-3-5-7-12/h8-10,12,15,20H,3-7H2,1-2H3. The molecular weight excluding hydrogens is 263 g/mol. The van der Waals surface area contributed by atoms with E-state index in [0.717, 1.165) is 24.0 Å². The SMILES string of the molecule is CNC(c1ccc(C(F)(F)F)cc1C)C1CCCCC1. The Morgan fingerprint density at radius 2 is 1.80 bits per heavy atom. The second-order valence-corrected chi connectivity index (χ2v) is 5.73. The van der Waals surface area contributed by atoms with Gasteiger partial charge in [-0.15, -0.1) is 0 Å². The highest BCUT2D eigenvalue weighted by Gasteiger charge is 2.32. The van der Waals surface area contributed by atoms with Crippen LogP contribution in [0.15, 0.2) is 18.2 Å². The van der Waals surface area contributed by atoms with Gasteiger partial charge in [-0.05, 0) is 56.0 Å². The van der Waals surface area contributed by atoms with Crippen LogP contribution in [0.2, 0.25) is 0 Å². The summed E-state index contributed by atoms with van der Waals surface area (Å²) in [6.07, 6.45) is 1.78. The monoisotopic (exact) mass is 285 g/mol. The summed E-state index contributed by atoms with van der Waals surface area (Å²) in [6, 6.07) is 4.28. The van der Waals surface area contributed by atoms with E-state index in [0.29, 0.717) is 5.92 Å². The number of rotatable bonds is 3. The Kier molecular flexibility index (Phi) is 4.74. The normalized spacial score (nSPS) is 19.1. The van der Waals surface area contributed by atoms with Crippen molar-refractivity contribution in [1.29, 1.82) is 0 Å². The van der Waals surface area contributed by atoms with E-state index in [1.165, 1.54) is 31.4 Å². The fourth-order valence-corrected chi connectivity index (χ4v) is 3.31. The van der Waals surface area contributed by atoms with E-state index in [2.05, 4.69) is 5.32 Å². The molecule has 0 aliphatic heterocycles. The summed E-state index contributed by atoms with van der Waals surface area (Å²) in [6.45, 7) is 1.78. The van der Waals surface area contributed by atoms with Crippen LogP contribution in [0.5, 0.6) is 0 Å². The van der Waals surface area contributed by atoms with Crippen LogP contribution in [0.25, 0.3) is 0 Å². The first-order chi connectivity index (χ1) is 9.43. The smallest absolute Gasteiger partial charge is 0.313 e. The zero-order valence-electron chi connectivity index (χ0n) is 12.1. The molecule has 0 spiro atoms. The first kappa shape index (κ1) is 15.4. The number of hydrogen-bond acceptors (Lipinski definition) is 1. The van der Waals surface area contributed by atoms with Gasteiger partial charge in [0.2, 0.25) is 0 Å².